The van der Waals surface area contributed by atoms with Crippen molar-refractivity contribution in [1.29, 1.82) is 0 Å². The van der Waals surface area contributed by atoms with Crippen LogP contribution in [0.25, 0.3) is 0 Å². The molecule has 4 nitrogen and oxygen atoms in total. The molecule has 0 spiro atoms. The van der Waals surface area contributed by atoms with Gasteiger partial charge in [-0.15, -0.1) is 0 Å². The minimum atomic E-state index is -0.0614. The number of carbonyl (C=O) groups excluding carboxylic acids is 1. The molecule has 0 atom stereocenters. The van der Waals surface area contributed by atoms with Gasteiger partial charge in [-0.1, -0.05) is 6.07 Å². The van der Waals surface area contributed by atoms with E-state index < -0.39 is 0 Å². The van der Waals surface area contributed by atoms with Crippen molar-refractivity contribution in [2.24, 2.45) is 0 Å². The van der Waals surface area contributed by atoms with E-state index in [1.54, 1.807) is 7.05 Å². The van der Waals surface area contributed by atoms with Crippen LogP contribution >= 0.6 is 0 Å². The summed E-state index contributed by atoms with van der Waals surface area (Å²) in [6.45, 7) is 0.409. The maximum atomic E-state index is 11.2. The fourth-order valence-corrected chi connectivity index (χ4v) is 2.10. The van der Waals surface area contributed by atoms with Crippen molar-refractivity contribution in [3.63, 3.8) is 0 Å². The van der Waals surface area contributed by atoms with Crippen LogP contribution in [0.1, 0.15) is 24.0 Å². The Labute approximate surface area is 101 Å². The quantitative estimate of drug-likeness (QED) is 0.753. The second kappa shape index (κ2) is 5.68. The highest BCUT2D eigenvalue weighted by atomic mass is 16.5. The standard InChI is InChI=1S/C13H18N2O2/c1-14-15-13(16)7-8-17-12-6-5-10-3-2-4-11(10)9-12/h5-6,9,14H,2-4,7-8H2,1H3,(H,15,16). The molecule has 0 saturated heterocycles. The molecule has 0 bridgehead atoms. The molecular formula is C13H18N2O2. The van der Waals surface area contributed by atoms with E-state index in [1.807, 2.05) is 6.07 Å². The van der Waals surface area contributed by atoms with Crippen molar-refractivity contribution >= 4 is 5.91 Å². The lowest BCUT2D eigenvalue weighted by molar-refractivity contribution is -0.122. The van der Waals surface area contributed by atoms with Crippen molar-refractivity contribution in [3.8, 4) is 5.75 Å². The van der Waals surface area contributed by atoms with Gasteiger partial charge in [0.25, 0.3) is 0 Å². The number of aryl methyl sites for hydroxylation is 2. The van der Waals surface area contributed by atoms with E-state index in [0.717, 1.165) is 12.2 Å². The first-order valence-corrected chi connectivity index (χ1v) is 6.00. The number of ether oxygens (including phenoxy) is 1. The predicted molar refractivity (Wildman–Crippen MR) is 65.8 cm³/mol. The molecule has 1 aliphatic rings. The van der Waals surface area contributed by atoms with Crippen LogP contribution < -0.4 is 15.6 Å². The Bertz CT molecular complexity index is 404. The molecular weight excluding hydrogens is 216 g/mol. The van der Waals surface area contributed by atoms with Gasteiger partial charge in [0.15, 0.2) is 0 Å². The van der Waals surface area contributed by atoms with Gasteiger partial charge in [-0.3, -0.25) is 10.2 Å². The van der Waals surface area contributed by atoms with Gasteiger partial charge in [-0.25, -0.2) is 5.43 Å². The third-order valence-corrected chi connectivity index (χ3v) is 2.93. The zero-order valence-corrected chi connectivity index (χ0v) is 10.1. The molecule has 2 N–H and O–H groups in total. The van der Waals surface area contributed by atoms with E-state index in [9.17, 15) is 4.79 Å². The summed E-state index contributed by atoms with van der Waals surface area (Å²) in [6, 6.07) is 6.21. The van der Waals surface area contributed by atoms with Crippen LogP contribution in [0.4, 0.5) is 0 Å². The summed E-state index contributed by atoms with van der Waals surface area (Å²) in [4.78, 5) is 11.2. The zero-order valence-electron chi connectivity index (χ0n) is 10.1. The number of hydrazine groups is 1. The average molecular weight is 234 g/mol. The van der Waals surface area contributed by atoms with E-state index in [0.29, 0.717) is 13.0 Å². The molecule has 0 aliphatic heterocycles. The number of hydrogen-bond acceptors (Lipinski definition) is 3. The van der Waals surface area contributed by atoms with Crippen LogP contribution in [0.15, 0.2) is 18.2 Å². The third kappa shape index (κ3) is 3.20. The Morgan fingerprint density at radius 2 is 2.18 bits per heavy atom. The first-order chi connectivity index (χ1) is 8.29. The maximum Gasteiger partial charge on any atom is 0.237 e. The number of nitrogens with one attached hydrogen (secondary N) is 2. The van der Waals surface area contributed by atoms with Crippen LogP contribution in [-0.2, 0) is 17.6 Å². The molecule has 92 valence electrons. The molecule has 2 rings (SSSR count). The maximum absolute atomic E-state index is 11.2. The summed E-state index contributed by atoms with van der Waals surface area (Å²) in [7, 11) is 1.67. The second-order valence-electron chi connectivity index (χ2n) is 4.18. The van der Waals surface area contributed by atoms with Crippen molar-refractivity contribution in [3.05, 3.63) is 29.3 Å². The van der Waals surface area contributed by atoms with E-state index >= 15 is 0 Å². The lowest BCUT2D eigenvalue weighted by Gasteiger charge is -2.08. The topological polar surface area (TPSA) is 50.4 Å². The highest BCUT2D eigenvalue weighted by Gasteiger charge is 2.11. The summed E-state index contributed by atoms with van der Waals surface area (Å²) in [6.07, 6.45) is 3.92. The van der Waals surface area contributed by atoms with E-state index in [4.69, 9.17) is 4.74 Å². The normalized spacial score (nSPS) is 13.2. The van der Waals surface area contributed by atoms with Gasteiger partial charge in [0.05, 0.1) is 13.0 Å². The number of carbonyl (C=O) groups is 1. The Hall–Kier alpha value is -1.55. The molecule has 0 saturated carbocycles. The molecule has 0 aromatic heterocycles. The molecule has 0 radical (unpaired) electrons. The molecule has 4 heteroatoms. The lowest BCUT2D eigenvalue weighted by Crippen LogP contribution is -2.34. The van der Waals surface area contributed by atoms with Crippen molar-refractivity contribution in [1.82, 2.24) is 10.9 Å². The van der Waals surface area contributed by atoms with E-state index in [2.05, 4.69) is 23.0 Å². The SMILES string of the molecule is CNNC(=O)CCOc1ccc2c(c1)CCC2. The molecule has 17 heavy (non-hydrogen) atoms. The van der Waals surface area contributed by atoms with Gasteiger partial charge in [-0.05, 0) is 42.5 Å². The van der Waals surface area contributed by atoms with Gasteiger partial charge in [0, 0.05) is 7.05 Å². The largest absolute Gasteiger partial charge is 0.493 e. The average Bonchev–Trinajstić information content (AvgIpc) is 2.76. The molecule has 0 unspecified atom stereocenters. The second-order valence-corrected chi connectivity index (χ2v) is 4.18. The minimum absolute atomic E-state index is 0.0614. The van der Waals surface area contributed by atoms with E-state index in [-0.39, 0.29) is 5.91 Å². The highest BCUT2D eigenvalue weighted by Crippen LogP contribution is 2.25. The number of rotatable bonds is 5. The van der Waals surface area contributed by atoms with Crippen LogP contribution in [0.3, 0.4) is 0 Å². The summed E-state index contributed by atoms with van der Waals surface area (Å²) in [5, 5.41) is 0. The van der Waals surface area contributed by atoms with Gasteiger partial charge in [-0.2, -0.15) is 0 Å². The molecule has 1 amide bonds. The predicted octanol–water partition coefficient (Wildman–Crippen LogP) is 1.19. The Kier molecular flexibility index (Phi) is 3.98. The first-order valence-electron chi connectivity index (χ1n) is 6.00. The van der Waals surface area contributed by atoms with E-state index in [1.165, 1.54) is 24.0 Å². The number of amides is 1. The molecule has 1 aromatic carbocycles. The smallest absolute Gasteiger partial charge is 0.237 e. The molecule has 1 aromatic rings. The summed E-state index contributed by atoms with van der Waals surface area (Å²) in [5.41, 5.74) is 7.93. The van der Waals surface area contributed by atoms with Crippen LogP contribution in [0, 0.1) is 0 Å². The third-order valence-electron chi connectivity index (χ3n) is 2.93. The Morgan fingerprint density at radius 3 is 3.00 bits per heavy atom. The highest BCUT2D eigenvalue weighted by molar-refractivity contribution is 5.75. The fraction of sp³-hybridized carbons (Fsp3) is 0.462. The number of hydrogen-bond donors (Lipinski definition) is 2. The summed E-state index contributed by atoms with van der Waals surface area (Å²) < 4.78 is 5.56. The van der Waals surface area contributed by atoms with Gasteiger partial charge < -0.3 is 4.74 Å². The molecule has 1 aliphatic carbocycles. The fourth-order valence-electron chi connectivity index (χ4n) is 2.10. The van der Waals surface area contributed by atoms with Gasteiger partial charge >= 0.3 is 0 Å². The molecule has 0 heterocycles. The van der Waals surface area contributed by atoms with Crippen molar-refractivity contribution < 1.29 is 9.53 Å². The summed E-state index contributed by atoms with van der Waals surface area (Å²) >= 11 is 0. The van der Waals surface area contributed by atoms with Crippen molar-refractivity contribution in [2.45, 2.75) is 25.7 Å². The monoisotopic (exact) mass is 234 g/mol. The minimum Gasteiger partial charge on any atom is -0.493 e. The summed E-state index contributed by atoms with van der Waals surface area (Å²) in [5.74, 6) is 0.802. The first kappa shape index (κ1) is 11.9. The Morgan fingerprint density at radius 1 is 1.35 bits per heavy atom. The van der Waals surface area contributed by atoms with Crippen LogP contribution in [-0.4, -0.2) is 19.6 Å². The van der Waals surface area contributed by atoms with Crippen LogP contribution in [0.5, 0.6) is 5.75 Å². The zero-order chi connectivity index (χ0) is 12.1. The van der Waals surface area contributed by atoms with Gasteiger partial charge in [0.2, 0.25) is 5.91 Å². The Balaban J connectivity index is 1.81. The lowest BCUT2D eigenvalue weighted by atomic mass is 10.1. The van der Waals surface area contributed by atoms with Crippen molar-refractivity contribution in [2.75, 3.05) is 13.7 Å². The number of benzene rings is 1. The molecule has 0 fully saturated rings. The van der Waals surface area contributed by atoms with Crippen LogP contribution in [0.2, 0.25) is 0 Å². The number of fused-ring (bicyclic) bond motifs is 1. The van der Waals surface area contributed by atoms with Gasteiger partial charge in [0.1, 0.15) is 5.75 Å².